The van der Waals surface area contributed by atoms with Crippen molar-refractivity contribution in [3.8, 4) is 0 Å². The maximum Gasteiger partial charge on any atom is 0.345 e. The van der Waals surface area contributed by atoms with Crippen LogP contribution in [-0.2, 0) is 11.3 Å². The van der Waals surface area contributed by atoms with Crippen LogP contribution >= 0.6 is 0 Å². The third-order valence-electron chi connectivity index (χ3n) is 2.50. The molecule has 0 saturated carbocycles. The number of nitrogens with zero attached hydrogens (tertiary/aromatic N) is 3. The molecule has 16 heavy (non-hydrogen) atoms. The minimum absolute atomic E-state index is 0.341. The van der Waals surface area contributed by atoms with Gasteiger partial charge in [-0.2, -0.15) is 5.10 Å². The molecule has 0 aliphatic rings. The molecule has 6 nitrogen and oxygen atoms in total. The largest absolute Gasteiger partial charge is 0.465 e. The Morgan fingerprint density at radius 2 is 2.19 bits per heavy atom. The molecule has 90 valence electrons. The van der Waals surface area contributed by atoms with E-state index in [4.69, 9.17) is 10.5 Å². The average molecular weight is 226 g/mol. The van der Waals surface area contributed by atoms with E-state index < -0.39 is 5.97 Å². The lowest BCUT2D eigenvalue weighted by atomic mass is 10.3. The van der Waals surface area contributed by atoms with E-state index in [1.165, 1.54) is 7.11 Å². The molecule has 0 aliphatic heterocycles. The zero-order chi connectivity index (χ0) is 12.3. The Balaban J connectivity index is 3.30. The van der Waals surface area contributed by atoms with Gasteiger partial charge < -0.3 is 15.4 Å². The van der Waals surface area contributed by atoms with Crippen LogP contribution in [0.15, 0.2) is 0 Å². The Morgan fingerprint density at radius 3 is 2.62 bits per heavy atom. The van der Waals surface area contributed by atoms with Crippen LogP contribution in [0.5, 0.6) is 0 Å². The molecule has 0 atom stereocenters. The van der Waals surface area contributed by atoms with Gasteiger partial charge in [-0.05, 0) is 13.8 Å². The summed E-state index contributed by atoms with van der Waals surface area (Å²) >= 11 is 0. The summed E-state index contributed by atoms with van der Waals surface area (Å²) < 4.78 is 6.30. The van der Waals surface area contributed by atoms with Crippen LogP contribution in [0, 0.1) is 0 Å². The van der Waals surface area contributed by atoms with Gasteiger partial charge in [0.05, 0.1) is 7.11 Å². The van der Waals surface area contributed by atoms with Gasteiger partial charge in [0.15, 0.2) is 5.82 Å². The number of hydrogen-bond acceptors (Lipinski definition) is 5. The monoisotopic (exact) mass is 226 g/mol. The standard InChI is InChI=1S/C10H18N4O2/c1-5-13(3)9-7(10(15)16-4)8(11)14(6-2)12-9/h5-6,11H2,1-4H3. The van der Waals surface area contributed by atoms with Crippen LogP contribution in [-0.4, -0.2) is 36.5 Å². The van der Waals surface area contributed by atoms with E-state index in [1.54, 1.807) is 4.68 Å². The fraction of sp³-hybridized carbons (Fsp3) is 0.600. The molecule has 6 heteroatoms. The molecular formula is C10H18N4O2. The zero-order valence-corrected chi connectivity index (χ0v) is 10.1. The van der Waals surface area contributed by atoms with Crippen molar-refractivity contribution < 1.29 is 9.53 Å². The van der Waals surface area contributed by atoms with Gasteiger partial charge >= 0.3 is 5.97 Å². The molecule has 2 N–H and O–H groups in total. The minimum Gasteiger partial charge on any atom is -0.465 e. The highest BCUT2D eigenvalue weighted by Crippen LogP contribution is 2.25. The van der Waals surface area contributed by atoms with Crippen molar-refractivity contribution >= 4 is 17.6 Å². The van der Waals surface area contributed by atoms with Gasteiger partial charge in [0.2, 0.25) is 0 Å². The van der Waals surface area contributed by atoms with E-state index in [9.17, 15) is 4.79 Å². The van der Waals surface area contributed by atoms with E-state index in [-0.39, 0.29) is 0 Å². The highest BCUT2D eigenvalue weighted by Gasteiger charge is 2.24. The van der Waals surface area contributed by atoms with Crippen LogP contribution in [0.2, 0.25) is 0 Å². The zero-order valence-electron chi connectivity index (χ0n) is 10.1. The minimum atomic E-state index is -0.451. The van der Waals surface area contributed by atoms with Crippen molar-refractivity contribution in [3.05, 3.63) is 5.56 Å². The summed E-state index contributed by atoms with van der Waals surface area (Å²) in [6, 6.07) is 0. The second kappa shape index (κ2) is 4.87. The quantitative estimate of drug-likeness (QED) is 0.766. The Labute approximate surface area is 95.0 Å². The summed E-state index contributed by atoms with van der Waals surface area (Å²) in [5, 5.41) is 4.28. The molecule has 1 aromatic heterocycles. The molecule has 0 fully saturated rings. The highest BCUT2D eigenvalue weighted by molar-refractivity contribution is 5.99. The van der Waals surface area contributed by atoms with Gasteiger partial charge in [0, 0.05) is 20.1 Å². The number of methoxy groups -OCH3 is 1. The van der Waals surface area contributed by atoms with E-state index in [2.05, 4.69) is 5.10 Å². The van der Waals surface area contributed by atoms with E-state index in [1.807, 2.05) is 25.8 Å². The van der Waals surface area contributed by atoms with Crippen LogP contribution in [0.1, 0.15) is 24.2 Å². The predicted molar refractivity (Wildman–Crippen MR) is 62.6 cm³/mol. The molecule has 1 rings (SSSR count). The summed E-state index contributed by atoms with van der Waals surface area (Å²) in [5.74, 6) is 0.464. The first kappa shape index (κ1) is 12.4. The van der Waals surface area contributed by atoms with Crippen molar-refractivity contribution in [1.82, 2.24) is 9.78 Å². The smallest absolute Gasteiger partial charge is 0.345 e. The van der Waals surface area contributed by atoms with Crippen LogP contribution in [0.25, 0.3) is 0 Å². The summed E-state index contributed by atoms with van der Waals surface area (Å²) in [4.78, 5) is 13.5. The molecule has 1 aromatic rings. The third-order valence-corrected chi connectivity index (χ3v) is 2.50. The number of carbonyl (C=O) groups is 1. The van der Waals surface area contributed by atoms with Crippen LogP contribution in [0.4, 0.5) is 11.6 Å². The topological polar surface area (TPSA) is 73.4 Å². The van der Waals surface area contributed by atoms with Crippen molar-refractivity contribution in [2.75, 3.05) is 31.3 Å². The molecule has 0 saturated heterocycles. The molecule has 0 radical (unpaired) electrons. The van der Waals surface area contributed by atoms with E-state index >= 15 is 0 Å². The molecule has 0 unspecified atom stereocenters. The number of rotatable bonds is 4. The number of hydrogen-bond donors (Lipinski definition) is 1. The van der Waals surface area contributed by atoms with Gasteiger partial charge in [-0.25, -0.2) is 9.48 Å². The maximum absolute atomic E-state index is 11.6. The molecule has 0 aromatic carbocycles. The lowest BCUT2D eigenvalue weighted by molar-refractivity contribution is 0.0602. The molecule has 0 bridgehead atoms. The number of anilines is 2. The molecule has 0 amide bonds. The fourth-order valence-corrected chi connectivity index (χ4v) is 1.42. The predicted octanol–water partition coefficient (Wildman–Crippen LogP) is 0.728. The Hall–Kier alpha value is -1.72. The first-order valence-electron chi connectivity index (χ1n) is 5.22. The number of aryl methyl sites for hydroxylation is 1. The van der Waals surface area contributed by atoms with Crippen LogP contribution in [0.3, 0.4) is 0 Å². The van der Waals surface area contributed by atoms with E-state index in [0.29, 0.717) is 23.7 Å². The third kappa shape index (κ3) is 1.95. The van der Waals surface area contributed by atoms with Crippen molar-refractivity contribution in [3.63, 3.8) is 0 Å². The number of nitrogen functional groups attached to an aromatic ring is 1. The Bertz CT molecular complexity index is 386. The summed E-state index contributed by atoms with van der Waals surface area (Å²) in [5.41, 5.74) is 6.20. The molecule has 0 spiro atoms. The van der Waals surface area contributed by atoms with Gasteiger partial charge in [-0.15, -0.1) is 0 Å². The summed E-state index contributed by atoms with van der Waals surface area (Å²) in [6.07, 6.45) is 0. The summed E-state index contributed by atoms with van der Waals surface area (Å²) in [7, 11) is 3.19. The fourth-order valence-electron chi connectivity index (χ4n) is 1.42. The van der Waals surface area contributed by atoms with Gasteiger partial charge in [0.25, 0.3) is 0 Å². The lowest BCUT2D eigenvalue weighted by Gasteiger charge is -2.14. The lowest BCUT2D eigenvalue weighted by Crippen LogP contribution is -2.19. The number of esters is 1. The number of ether oxygens (including phenoxy) is 1. The van der Waals surface area contributed by atoms with Gasteiger partial charge in [-0.1, -0.05) is 0 Å². The summed E-state index contributed by atoms with van der Waals surface area (Å²) in [6.45, 7) is 5.25. The van der Waals surface area contributed by atoms with Crippen LogP contribution < -0.4 is 10.6 Å². The maximum atomic E-state index is 11.6. The van der Waals surface area contributed by atoms with Gasteiger partial charge in [0.1, 0.15) is 11.4 Å². The molecular weight excluding hydrogens is 208 g/mol. The van der Waals surface area contributed by atoms with Crippen molar-refractivity contribution in [2.45, 2.75) is 20.4 Å². The second-order valence-corrected chi connectivity index (χ2v) is 3.41. The number of nitrogens with two attached hydrogens (primary N) is 1. The Kier molecular flexibility index (Phi) is 3.76. The first-order chi connectivity index (χ1) is 7.56. The molecule has 0 aliphatic carbocycles. The average Bonchev–Trinajstić information content (AvgIpc) is 2.64. The van der Waals surface area contributed by atoms with E-state index in [0.717, 1.165) is 6.54 Å². The Morgan fingerprint density at radius 1 is 1.56 bits per heavy atom. The van der Waals surface area contributed by atoms with Crippen molar-refractivity contribution in [2.24, 2.45) is 0 Å². The normalized spacial score (nSPS) is 10.2. The van der Waals surface area contributed by atoms with Gasteiger partial charge in [-0.3, -0.25) is 0 Å². The highest BCUT2D eigenvalue weighted by atomic mass is 16.5. The SMILES string of the molecule is CCN(C)c1nn(CC)c(N)c1C(=O)OC. The second-order valence-electron chi connectivity index (χ2n) is 3.41. The number of aromatic nitrogens is 2. The molecule has 1 heterocycles. The van der Waals surface area contributed by atoms with Crippen molar-refractivity contribution in [1.29, 1.82) is 0 Å². The number of carbonyl (C=O) groups excluding carboxylic acids is 1. The first-order valence-corrected chi connectivity index (χ1v) is 5.22.